The third-order valence-corrected chi connectivity index (χ3v) is 1.47. The molecule has 0 aromatic rings. The van der Waals surface area contributed by atoms with Crippen molar-refractivity contribution in [2.24, 2.45) is 5.41 Å². The maximum Gasteiger partial charge on any atom is 0.209 e. The van der Waals surface area contributed by atoms with Crippen molar-refractivity contribution in [2.45, 2.75) is 61.4 Å². The van der Waals surface area contributed by atoms with Crippen molar-refractivity contribution in [1.82, 2.24) is 4.72 Å². The molecule has 3 nitrogen and oxygen atoms in total. The first-order valence-corrected chi connectivity index (χ1v) is 6.59. The smallest absolute Gasteiger partial charge is 0.209 e. The third-order valence-electron chi connectivity index (χ3n) is 0.492. The summed E-state index contributed by atoms with van der Waals surface area (Å²) < 4.78 is 23.5. The van der Waals surface area contributed by atoms with Gasteiger partial charge in [0.25, 0.3) is 0 Å². The van der Waals surface area contributed by atoms with E-state index >= 15 is 0 Å². The van der Waals surface area contributed by atoms with E-state index in [2.05, 4.69) is 32.4 Å². The second kappa shape index (κ2) is 6.48. The molecule has 0 fully saturated rings. The quantitative estimate of drug-likeness (QED) is 0.764. The van der Waals surface area contributed by atoms with Crippen LogP contribution in [0.4, 0.5) is 0 Å². The summed E-state index contributed by atoms with van der Waals surface area (Å²) in [4.78, 5) is 0. The number of sulfonamides is 1. The van der Waals surface area contributed by atoms with Gasteiger partial charge in [0.2, 0.25) is 10.0 Å². The number of hydrogen-bond acceptors (Lipinski definition) is 2. The molecule has 96 valence electrons. The standard InChI is InChI=1S/C5H13NO2S.C5H12.CH4/c1-5(2,3)6-9(4,7)8;1-5(2,3)4;/h6H,1-4H3;1-4H3;1H4. The Labute approximate surface area is 96.7 Å². The van der Waals surface area contributed by atoms with Crippen LogP contribution in [0.15, 0.2) is 0 Å². The lowest BCUT2D eigenvalue weighted by Crippen LogP contribution is -2.39. The molecule has 0 aliphatic carbocycles. The van der Waals surface area contributed by atoms with E-state index in [-0.39, 0.29) is 13.0 Å². The fourth-order valence-corrected chi connectivity index (χ4v) is 1.67. The van der Waals surface area contributed by atoms with E-state index in [0.717, 1.165) is 6.26 Å². The van der Waals surface area contributed by atoms with Gasteiger partial charge in [-0.2, -0.15) is 0 Å². The normalized spacial score (nSPS) is 12.3. The molecule has 0 bridgehead atoms. The van der Waals surface area contributed by atoms with Crippen molar-refractivity contribution in [3.05, 3.63) is 0 Å². The average molecular weight is 239 g/mol. The summed E-state index contributed by atoms with van der Waals surface area (Å²) in [5.41, 5.74) is 0.146. The number of nitrogens with one attached hydrogen (secondary N) is 1. The van der Waals surface area contributed by atoms with Gasteiger partial charge in [0.1, 0.15) is 0 Å². The lowest BCUT2D eigenvalue weighted by molar-refractivity contribution is 0.469. The van der Waals surface area contributed by atoms with Crippen LogP contribution in [-0.2, 0) is 10.0 Å². The Balaban J connectivity index is -0.000000208. The molecule has 0 heterocycles. The van der Waals surface area contributed by atoms with Crippen LogP contribution in [0.3, 0.4) is 0 Å². The first-order chi connectivity index (χ1) is 5.71. The fraction of sp³-hybridized carbons (Fsp3) is 1.00. The Morgan fingerprint density at radius 2 is 1.07 bits per heavy atom. The van der Waals surface area contributed by atoms with Gasteiger partial charge in [-0.15, -0.1) is 0 Å². The first kappa shape index (κ1) is 20.3. The van der Waals surface area contributed by atoms with Gasteiger partial charge in [0.15, 0.2) is 0 Å². The van der Waals surface area contributed by atoms with Gasteiger partial charge in [0.05, 0.1) is 6.26 Å². The van der Waals surface area contributed by atoms with E-state index in [1.165, 1.54) is 0 Å². The Hall–Kier alpha value is -0.0900. The molecule has 15 heavy (non-hydrogen) atoms. The molecule has 0 rings (SSSR count). The maximum atomic E-state index is 10.5. The van der Waals surface area contributed by atoms with Crippen molar-refractivity contribution in [3.8, 4) is 0 Å². The van der Waals surface area contributed by atoms with Crippen molar-refractivity contribution < 1.29 is 8.42 Å². The molecular weight excluding hydrogens is 210 g/mol. The lowest BCUT2D eigenvalue weighted by atomic mass is 10.0. The summed E-state index contributed by atoms with van der Waals surface area (Å²) in [6.07, 6.45) is 1.15. The molecule has 0 saturated heterocycles. The molecule has 0 aromatic carbocycles. The zero-order chi connectivity index (χ0) is 12.2. The molecule has 0 aliphatic rings. The minimum absolute atomic E-state index is 0. The van der Waals surface area contributed by atoms with E-state index in [9.17, 15) is 8.42 Å². The van der Waals surface area contributed by atoms with Crippen LogP contribution in [0.1, 0.15) is 55.9 Å². The Kier molecular flexibility index (Phi) is 8.79. The second-order valence-electron chi connectivity index (χ2n) is 6.12. The third kappa shape index (κ3) is 56.5. The largest absolute Gasteiger partial charge is 0.213 e. The summed E-state index contributed by atoms with van der Waals surface area (Å²) in [7, 11) is -3.03. The van der Waals surface area contributed by atoms with Gasteiger partial charge in [-0.3, -0.25) is 0 Å². The van der Waals surface area contributed by atoms with Gasteiger partial charge in [-0.1, -0.05) is 35.1 Å². The van der Waals surface area contributed by atoms with Crippen molar-refractivity contribution in [2.75, 3.05) is 6.26 Å². The van der Waals surface area contributed by atoms with Crippen LogP contribution in [0.2, 0.25) is 0 Å². The van der Waals surface area contributed by atoms with Crippen LogP contribution in [0, 0.1) is 5.41 Å². The van der Waals surface area contributed by atoms with E-state index in [4.69, 9.17) is 0 Å². The molecule has 0 atom stereocenters. The van der Waals surface area contributed by atoms with Crippen LogP contribution in [-0.4, -0.2) is 20.2 Å². The van der Waals surface area contributed by atoms with Gasteiger partial charge >= 0.3 is 0 Å². The number of hydrogen-bond donors (Lipinski definition) is 1. The molecule has 0 amide bonds. The first-order valence-electron chi connectivity index (χ1n) is 4.70. The van der Waals surface area contributed by atoms with Crippen molar-refractivity contribution >= 4 is 10.0 Å². The maximum absolute atomic E-state index is 10.5. The van der Waals surface area contributed by atoms with Gasteiger partial charge in [-0.25, -0.2) is 13.1 Å². The molecule has 0 spiro atoms. The molecular formula is C11H29NO2S. The predicted octanol–water partition coefficient (Wildman–Crippen LogP) is 3.02. The summed E-state index contributed by atoms with van der Waals surface area (Å²) in [5, 5.41) is 0. The summed E-state index contributed by atoms with van der Waals surface area (Å²) in [6, 6.07) is 0. The summed E-state index contributed by atoms with van der Waals surface area (Å²) >= 11 is 0. The molecule has 0 radical (unpaired) electrons. The fourth-order valence-electron chi connectivity index (χ4n) is 0.556. The SMILES string of the molecule is C.CC(C)(C)C.CC(C)(C)NS(C)(=O)=O. The Morgan fingerprint density at radius 3 is 1.07 bits per heavy atom. The van der Waals surface area contributed by atoms with Gasteiger partial charge < -0.3 is 0 Å². The van der Waals surface area contributed by atoms with Crippen LogP contribution in [0.5, 0.6) is 0 Å². The molecule has 4 heteroatoms. The highest BCUT2D eigenvalue weighted by Crippen LogP contribution is 2.08. The monoisotopic (exact) mass is 239 g/mol. The lowest BCUT2D eigenvalue weighted by Gasteiger charge is -2.17. The molecule has 0 aromatic heterocycles. The molecule has 1 N–H and O–H groups in total. The topological polar surface area (TPSA) is 46.2 Å². The Bertz CT molecular complexity index is 237. The van der Waals surface area contributed by atoms with Gasteiger partial charge in [0, 0.05) is 5.54 Å². The minimum Gasteiger partial charge on any atom is -0.213 e. The van der Waals surface area contributed by atoms with Crippen molar-refractivity contribution in [3.63, 3.8) is 0 Å². The van der Waals surface area contributed by atoms with E-state index in [0.29, 0.717) is 5.41 Å². The highest BCUT2D eigenvalue weighted by Gasteiger charge is 2.14. The second-order valence-corrected chi connectivity index (χ2v) is 7.87. The number of rotatable bonds is 1. The summed E-state index contributed by atoms with van der Waals surface area (Å²) in [6.45, 7) is 14.1. The highest BCUT2D eigenvalue weighted by atomic mass is 32.2. The zero-order valence-corrected chi connectivity index (χ0v) is 11.5. The van der Waals surface area contributed by atoms with Crippen LogP contribution >= 0.6 is 0 Å². The molecule has 0 aliphatic heterocycles. The van der Waals surface area contributed by atoms with Crippen LogP contribution < -0.4 is 4.72 Å². The molecule has 0 saturated carbocycles. The van der Waals surface area contributed by atoms with Gasteiger partial charge in [-0.05, 0) is 26.2 Å². The average Bonchev–Trinajstić information content (AvgIpc) is 1.42. The Morgan fingerprint density at radius 1 is 0.867 bits per heavy atom. The minimum atomic E-state index is -3.03. The van der Waals surface area contributed by atoms with E-state index in [1.54, 1.807) is 20.8 Å². The highest BCUT2D eigenvalue weighted by molar-refractivity contribution is 7.88. The van der Waals surface area contributed by atoms with Crippen LogP contribution in [0.25, 0.3) is 0 Å². The van der Waals surface area contributed by atoms with E-state index < -0.39 is 10.0 Å². The summed E-state index contributed by atoms with van der Waals surface area (Å²) in [5.74, 6) is 0. The predicted molar refractivity (Wildman–Crippen MR) is 69.6 cm³/mol. The van der Waals surface area contributed by atoms with E-state index in [1.807, 2.05) is 0 Å². The molecule has 0 unspecified atom stereocenters. The van der Waals surface area contributed by atoms with Crippen molar-refractivity contribution in [1.29, 1.82) is 0 Å². The zero-order valence-electron chi connectivity index (χ0n) is 10.7.